The zero-order chi connectivity index (χ0) is 13.5. The average molecular weight is 283 g/mol. The number of likely N-dealkylation sites (tertiary alicyclic amines) is 1. The van der Waals surface area contributed by atoms with E-state index >= 15 is 0 Å². The van der Waals surface area contributed by atoms with Crippen molar-refractivity contribution < 1.29 is 4.74 Å². The van der Waals surface area contributed by atoms with Gasteiger partial charge in [-0.15, -0.1) is 0 Å². The largest absolute Gasteiger partial charge is 0.384 e. The molecule has 1 aromatic rings. The predicted molar refractivity (Wildman–Crippen MR) is 81.0 cm³/mol. The minimum atomic E-state index is 0.421. The molecule has 3 nitrogen and oxygen atoms in total. The van der Waals surface area contributed by atoms with Gasteiger partial charge < -0.3 is 10.1 Å². The molecule has 1 aromatic carbocycles. The molecule has 1 heterocycles. The van der Waals surface area contributed by atoms with E-state index in [0.29, 0.717) is 6.10 Å². The number of hydrogen-bond donors (Lipinski definition) is 1. The van der Waals surface area contributed by atoms with Crippen molar-refractivity contribution in [2.45, 2.75) is 25.9 Å². The summed E-state index contributed by atoms with van der Waals surface area (Å²) in [5.74, 6) is 0. The Hall–Kier alpha value is -0.770. The van der Waals surface area contributed by atoms with Crippen LogP contribution in [0.3, 0.4) is 0 Å². The first-order chi connectivity index (χ1) is 9.28. The summed E-state index contributed by atoms with van der Waals surface area (Å²) in [6, 6.07) is 7.87. The van der Waals surface area contributed by atoms with E-state index < -0.39 is 0 Å². The maximum atomic E-state index is 5.96. The summed E-state index contributed by atoms with van der Waals surface area (Å²) in [7, 11) is 0. The lowest BCUT2D eigenvalue weighted by atomic mass is 10.1. The third-order valence-corrected chi connectivity index (χ3v) is 3.68. The Labute approximate surface area is 120 Å². The molecule has 2 rings (SSSR count). The van der Waals surface area contributed by atoms with Crippen molar-refractivity contribution in [2.75, 3.05) is 38.1 Å². The molecule has 1 aliphatic rings. The molecule has 1 N–H and O–H groups in total. The van der Waals surface area contributed by atoms with E-state index in [-0.39, 0.29) is 0 Å². The van der Waals surface area contributed by atoms with Crippen molar-refractivity contribution in [3.05, 3.63) is 29.3 Å². The van der Waals surface area contributed by atoms with Crippen LogP contribution in [0.25, 0.3) is 0 Å². The molecular weight excluding hydrogens is 260 g/mol. The van der Waals surface area contributed by atoms with Gasteiger partial charge in [-0.2, -0.15) is 0 Å². The first kappa shape index (κ1) is 14.6. The van der Waals surface area contributed by atoms with Gasteiger partial charge in [0, 0.05) is 37.0 Å². The molecule has 0 spiro atoms. The molecule has 1 unspecified atom stereocenters. The fourth-order valence-electron chi connectivity index (χ4n) is 2.54. The molecule has 0 aliphatic carbocycles. The van der Waals surface area contributed by atoms with Crippen LogP contribution >= 0.6 is 11.6 Å². The van der Waals surface area contributed by atoms with Crippen LogP contribution in [-0.4, -0.2) is 43.8 Å². The van der Waals surface area contributed by atoms with Crippen LogP contribution in [0.15, 0.2) is 24.3 Å². The van der Waals surface area contributed by atoms with Crippen molar-refractivity contribution in [3.63, 3.8) is 0 Å². The molecule has 1 fully saturated rings. The van der Waals surface area contributed by atoms with Crippen LogP contribution in [-0.2, 0) is 4.74 Å². The van der Waals surface area contributed by atoms with Gasteiger partial charge in [-0.05, 0) is 44.5 Å². The van der Waals surface area contributed by atoms with E-state index in [1.54, 1.807) is 0 Å². The predicted octanol–water partition coefficient (Wildman–Crippen LogP) is 3.25. The highest BCUT2D eigenvalue weighted by Crippen LogP contribution is 2.15. The van der Waals surface area contributed by atoms with Gasteiger partial charge in [0.25, 0.3) is 0 Å². The maximum absolute atomic E-state index is 5.96. The summed E-state index contributed by atoms with van der Waals surface area (Å²) in [4.78, 5) is 2.47. The van der Waals surface area contributed by atoms with Crippen LogP contribution < -0.4 is 5.32 Å². The molecule has 1 atom stereocenters. The number of ether oxygens (including phenoxy) is 1. The van der Waals surface area contributed by atoms with E-state index in [1.165, 1.54) is 19.4 Å². The Morgan fingerprint density at radius 2 is 2.37 bits per heavy atom. The third kappa shape index (κ3) is 5.01. The first-order valence-corrected chi connectivity index (χ1v) is 7.49. The van der Waals surface area contributed by atoms with Crippen LogP contribution in [0.4, 0.5) is 5.69 Å². The zero-order valence-electron chi connectivity index (χ0n) is 11.6. The number of nitrogens with zero attached hydrogens (tertiary/aromatic N) is 1. The minimum Gasteiger partial charge on any atom is -0.384 e. The van der Waals surface area contributed by atoms with E-state index in [9.17, 15) is 0 Å². The second kappa shape index (κ2) is 7.73. The molecule has 0 amide bonds. The van der Waals surface area contributed by atoms with Gasteiger partial charge in [-0.1, -0.05) is 17.7 Å². The Bertz CT molecular complexity index is 384. The molecule has 0 bridgehead atoms. The van der Waals surface area contributed by atoms with Gasteiger partial charge in [0.1, 0.15) is 0 Å². The number of anilines is 1. The van der Waals surface area contributed by atoms with Gasteiger partial charge in [0.2, 0.25) is 0 Å². The molecule has 19 heavy (non-hydrogen) atoms. The highest BCUT2D eigenvalue weighted by molar-refractivity contribution is 6.30. The Morgan fingerprint density at radius 1 is 1.47 bits per heavy atom. The molecule has 0 radical (unpaired) electrons. The summed E-state index contributed by atoms with van der Waals surface area (Å²) in [6.45, 7) is 7.13. The number of halogens is 1. The Morgan fingerprint density at radius 3 is 3.16 bits per heavy atom. The summed E-state index contributed by atoms with van der Waals surface area (Å²) in [5, 5.41) is 4.19. The standard InChI is InChI=1S/C15H23ClN2O/c1-2-19-15-7-4-9-18(12-15)10-8-17-14-6-3-5-13(16)11-14/h3,5-6,11,15,17H,2,4,7-10,12H2,1H3. The first-order valence-electron chi connectivity index (χ1n) is 7.11. The summed E-state index contributed by atoms with van der Waals surface area (Å²) >= 11 is 5.96. The van der Waals surface area contributed by atoms with Crippen molar-refractivity contribution in [3.8, 4) is 0 Å². The molecule has 0 saturated carbocycles. The zero-order valence-corrected chi connectivity index (χ0v) is 12.3. The molecule has 1 saturated heterocycles. The van der Waals surface area contributed by atoms with Crippen LogP contribution in [0.2, 0.25) is 5.02 Å². The summed E-state index contributed by atoms with van der Waals surface area (Å²) < 4.78 is 5.71. The Kier molecular flexibility index (Phi) is 5.95. The van der Waals surface area contributed by atoms with Gasteiger partial charge in [-0.25, -0.2) is 0 Å². The summed E-state index contributed by atoms with van der Waals surface area (Å²) in [6.07, 6.45) is 2.86. The van der Waals surface area contributed by atoms with Gasteiger partial charge >= 0.3 is 0 Å². The number of benzene rings is 1. The van der Waals surface area contributed by atoms with E-state index in [0.717, 1.165) is 37.0 Å². The highest BCUT2D eigenvalue weighted by atomic mass is 35.5. The van der Waals surface area contributed by atoms with Crippen molar-refractivity contribution in [1.29, 1.82) is 0 Å². The fraction of sp³-hybridized carbons (Fsp3) is 0.600. The number of rotatable bonds is 6. The highest BCUT2D eigenvalue weighted by Gasteiger charge is 2.19. The van der Waals surface area contributed by atoms with Crippen LogP contribution in [0.5, 0.6) is 0 Å². The lowest BCUT2D eigenvalue weighted by Gasteiger charge is -2.32. The van der Waals surface area contributed by atoms with Gasteiger partial charge in [-0.3, -0.25) is 4.90 Å². The topological polar surface area (TPSA) is 24.5 Å². The molecule has 0 aromatic heterocycles. The van der Waals surface area contributed by atoms with Crippen LogP contribution in [0.1, 0.15) is 19.8 Å². The molecular formula is C15H23ClN2O. The second-order valence-electron chi connectivity index (χ2n) is 4.96. The van der Waals surface area contributed by atoms with E-state index in [2.05, 4.69) is 17.1 Å². The van der Waals surface area contributed by atoms with Crippen LogP contribution in [0, 0.1) is 0 Å². The van der Waals surface area contributed by atoms with Crippen molar-refractivity contribution in [2.24, 2.45) is 0 Å². The smallest absolute Gasteiger partial charge is 0.0702 e. The number of hydrogen-bond acceptors (Lipinski definition) is 3. The number of nitrogens with one attached hydrogen (secondary N) is 1. The minimum absolute atomic E-state index is 0.421. The van der Waals surface area contributed by atoms with E-state index in [4.69, 9.17) is 16.3 Å². The molecule has 4 heteroatoms. The van der Waals surface area contributed by atoms with Gasteiger partial charge in [0.15, 0.2) is 0 Å². The maximum Gasteiger partial charge on any atom is 0.0702 e. The lowest BCUT2D eigenvalue weighted by molar-refractivity contribution is 0.00716. The normalized spacial score (nSPS) is 20.4. The van der Waals surface area contributed by atoms with Crippen molar-refractivity contribution >= 4 is 17.3 Å². The second-order valence-corrected chi connectivity index (χ2v) is 5.39. The Balaban J connectivity index is 1.70. The van der Waals surface area contributed by atoms with Crippen molar-refractivity contribution in [1.82, 2.24) is 4.90 Å². The number of piperidine rings is 1. The third-order valence-electron chi connectivity index (χ3n) is 3.45. The lowest BCUT2D eigenvalue weighted by Crippen LogP contribution is -2.41. The quantitative estimate of drug-likeness (QED) is 0.867. The fourth-order valence-corrected chi connectivity index (χ4v) is 2.74. The van der Waals surface area contributed by atoms with E-state index in [1.807, 2.05) is 24.3 Å². The molecule has 1 aliphatic heterocycles. The monoisotopic (exact) mass is 282 g/mol. The molecule has 106 valence electrons. The average Bonchev–Trinajstić information content (AvgIpc) is 2.40. The summed E-state index contributed by atoms with van der Waals surface area (Å²) in [5.41, 5.74) is 1.09. The van der Waals surface area contributed by atoms with Gasteiger partial charge in [0.05, 0.1) is 6.10 Å². The SMILES string of the molecule is CCOC1CCCN(CCNc2cccc(Cl)c2)C1.